The molecule has 0 aliphatic carbocycles. The fourth-order valence-electron chi connectivity index (χ4n) is 0.204. The largest absolute Gasteiger partial charge is 3.00 e. The van der Waals surface area contributed by atoms with Gasteiger partial charge in [0.15, 0.2) is 0 Å². The molecule has 0 amide bonds. The number of halogens is 2. The molecule has 0 fully saturated rings. The first-order valence-electron chi connectivity index (χ1n) is 1.97. The number of carboxylic acid groups (broad SMARTS) is 1. The summed E-state index contributed by atoms with van der Waals surface area (Å²) < 4.78 is 0. The van der Waals surface area contributed by atoms with Gasteiger partial charge in [0.05, 0.1) is 0 Å². The number of hydrogen-bond donors (Lipinski definition) is 0. The maximum Gasteiger partial charge on any atom is 3.00 e. The summed E-state index contributed by atoms with van der Waals surface area (Å²) in [6.07, 6.45) is 0.850. The van der Waals surface area contributed by atoms with E-state index in [1.165, 1.54) is 0 Å². The summed E-state index contributed by atoms with van der Waals surface area (Å²) in [5, 5.41) is 9.49. The molecule has 0 saturated heterocycles. The van der Waals surface area contributed by atoms with Crippen molar-refractivity contribution in [1.82, 2.24) is 0 Å². The van der Waals surface area contributed by atoms with Crippen LogP contribution in [0.2, 0.25) is 0 Å². The zero-order valence-corrected chi connectivity index (χ0v) is 9.00. The second-order valence-corrected chi connectivity index (χ2v) is 1.12. The monoisotopic (exact) mass is 226 g/mol. The number of aliphatic carboxylic acids is 1. The number of rotatable bonds is 2. The molecule has 0 spiro atoms. The summed E-state index contributed by atoms with van der Waals surface area (Å²) in [6, 6.07) is 0. The van der Waals surface area contributed by atoms with Crippen LogP contribution in [0, 0.1) is 0 Å². The van der Waals surface area contributed by atoms with Gasteiger partial charge in [0.2, 0.25) is 0 Å². The van der Waals surface area contributed by atoms with Gasteiger partial charge in [-0.3, -0.25) is 0 Å². The van der Waals surface area contributed by atoms with Gasteiger partial charge in [-0.2, -0.15) is 0 Å². The third-order valence-corrected chi connectivity index (χ3v) is 0.454. The fourth-order valence-corrected chi connectivity index (χ4v) is 0.204. The van der Waals surface area contributed by atoms with Crippen molar-refractivity contribution in [2.75, 3.05) is 0 Å². The van der Waals surface area contributed by atoms with Crippen LogP contribution in [0.3, 0.4) is 0 Å². The summed E-state index contributed by atoms with van der Waals surface area (Å²) in [5.74, 6) is -0.961. The Morgan fingerprint density at radius 2 is 1.78 bits per heavy atom. The van der Waals surface area contributed by atoms with Gasteiger partial charge < -0.3 is 34.7 Å². The van der Waals surface area contributed by atoms with E-state index in [2.05, 4.69) is 0 Å². The standard InChI is InChI=1S/C4H8O2.2ClH.Ga/c1-2-3-4(5)6;;;/h2-3H2,1H3,(H,5,6);2*1H;/q;;;+3/p-3. The predicted molar refractivity (Wildman–Crippen MR) is 25.7 cm³/mol. The van der Waals surface area contributed by atoms with Gasteiger partial charge in [0, 0.05) is 5.97 Å². The molecule has 0 saturated carbocycles. The van der Waals surface area contributed by atoms with Crippen molar-refractivity contribution in [3.63, 3.8) is 0 Å². The van der Waals surface area contributed by atoms with Crippen molar-refractivity contribution in [1.29, 1.82) is 0 Å². The van der Waals surface area contributed by atoms with E-state index < -0.39 is 5.97 Å². The van der Waals surface area contributed by atoms with Crippen LogP contribution in [0.15, 0.2) is 0 Å². The molecular formula is C4H7Cl2GaO2. The minimum atomic E-state index is -0.961. The van der Waals surface area contributed by atoms with Gasteiger partial charge in [-0.25, -0.2) is 0 Å². The Labute approximate surface area is 80.3 Å². The molecule has 9 heavy (non-hydrogen) atoms. The molecule has 0 atom stereocenters. The summed E-state index contributed by atoms with van der Waals surface area (Å²) in [7, 11) is 0. The summed E-state index contributed by atoms with van der Waals surface area (Å²) in [4.78, 5) is 9.49. The molecule has 0 unspecified atom stereocenters. The average Bonchev–Trinajstić information content (AvgIpc) is 1.35. The molecule has 2 nitrogen and oxygen atoms in total. The van der Waals surface area contributed by atoms with Crippen molar-refractivity contribution in [2.24, 2.45) is 0 Å². The van der Waals surface area contributed by atoms with Crippen LogP contribution >= 0.6 is 0 Å². The third-order valence-electron chi connectivity index (χ3n) is 0.454. The summed E-state index contributed by atoms with van der Waals surface area (Å²) >= 11 is 0. The van der Waals surface area contributed by atoms with E-state index in [0.717, 1.165) is 0 Å². The minimum Gasteiger partial charge on any atom is -1.00 e. The SMILES string of the molecule is CCCC(=O)[O-].[Cl-].[Cl-].[Ga+3]. The molecule has 0 aromatic heterocycles. The van der Waals surface area contributed by atoms with Crippen LogP contribution in [0.25, 0.3) is 0 Å². The van der Waals surface area contributed by atoms with Gasteiger partial charge >= 0.3 is 19.8 Å². The van der Waals surface area contributed by atoms with Crippen LogP contribution in [0.5, 0.6) is 0 Å². The molecule has 0 aliphatic rings. The Morgan fingerprint density at radius 1 is 1.44 bits per heavy atom. The van der Waals surface area contributed by atoms with Crippen molar-refractivity contribution in [2.45, 2.75) is 19.8 Å². The van der Waals surface area contributed by atoms with Crippen molar-refractivity contribution in [3.05, 3.63) is 0 Å². The second kappa shape index (κ2) is 15.9. The Morgan fingerprint density at radius 3 is 1.78 bits per heavy atom. The Hall–Kier alpha value is 0.686. The predicted octanol–water partition coefficient (Wildman–Crippen LogP) is -6.84. The molecule has 0 heterocycles. The quantitative estimate of drug-likeness (QED) is 0.440. The van der Waals surface area contributed by atoms with Gasteiger partial charge in [0.25, 0.3) is 0 Å². The van der Waals surface area contributed by atoms with E-state index in [9.17, 15) is 9.90 Å². The fraction of sp³-hybridized carbons (Fsp3) is 0.750. The second-order valence-electron chi connectivity index (χ2n) is 1.12. The first-order chi connectivity index (χ1) is 2.77. The molecule has 0 radical (unpaired) electrons. The number of hydrogen-bond acceptors (Lipinski definition) is 2. The molecule has 0 N–H and O–H groups in total. The van der Waals surface area contributed by atoms with Gasteiger partial charge in [-0.05, 0) is 6.42 Å². The Kier molecular flexibility index (Phi) is 39.9. The van der Waals surface area contributed by atoms with Crippen molar-refractivity contribution in [3.8, 4) is 0 Å². The summed E-state index contributed by atoms with van der Waals surface area (Å²) in [5.41, 5.74) is 0. The zero-order valence-electron chi connectivity index (χ0n) is 5.06. The van der Waals surface area contributed by atoms with E-state index >= 15 is 0 Å². The first kappa shape index (κ1) is 22.6. The topological polar surface area (TPSA) is 40.1 Å². The first-order valence-corrected chi connectivity index (χ1v) is 1.97. The third kappa shape index (κ3) is 28.6. The van der Waals surface area contributed by atoms with Gasteiger partial charge in [0.1, 0.15) is 0 Å². The van der Waals surface area contributed by atoms with E-state index in [0.29, 0.717) is 6.42 Å². The molecule has 52 valence electrons. The van der Waals surface area contributed by atoms with E-state index in [1.807, 2.05) is 0 Å². The smallest absolute Gasteiger partial charge is 1.00 e. The van der Waals surface area contributed by atoms with Crippen LogP contribution in [0.1, 0.15) is 19.8 Å². The number of carboxylic acids is 1. The van der Waals surface area contributed by atoms with Crippen molar-refractivity contribution >= 4 is 25.8 Å². The van der Waals surface area contributed by atoms with Crippen LogP contribution in [-0.2, 0) is 4.79 Å². The number of carbonyl (C=O) groups excluding carboxylic acids is 1. The van der Waals surface area contributed by atoms with Gasteiger partial charge in [-0.1, -0.05) is 13.3 Å². The van der Waals surface area contributed by atoms with Crippen LogP contribution in [0.4, 0.5) is 0 Å². The van der Waals surface area contributed by atoms with Crippen LogP contribution in [-0.4, -0.2) is 25.8 Å². The van der Waals surface area contributed by atoms with E-state index in [-0.39, 0.29) is 51.0 Å². The molecule has 5 heteroatoms. The van der Waals surface area contributed by atoms with E-state index in [4.69, 9.17) is 0 Å². The van der Waals surface area contributed by atoms with Crippen LogP contribution < -0.4 is 29.9 Å². The maximum atomic E-state index is 9.49. The normalized spacial score (nSPS) is 5.44. The average molecular weight is 228 g/mol. The molecule has 0 rings (SSSR count). The molecule has 0 aliphatic heterocycles. The van der Waals surface area contributed by atoms with E-state index in [1.54, 1.807) is 6.92 Å². The molecule has 0 aromatic rings. The Bertz CT molecular complexity index is 60.5. The molecule has 0 bridgehead atoms. The number of carbonyl (C=O) groups is 1. The minimum absolute atomic E-state index is 0. The summed E-state index contributed by atoms with van der Waals surface area (Å²) in [6.45, 7) is 1.80. The molecular weight excluding hydrogens is 221 g/mol. The maximum absolute atomic E-state index is 9.49. The van der Waals surface area contributed by atoms with Crippen molar-refractivity contribution < 1.29 is 34.7 Å². The zero-order chi connectivity index (χ0) is 4.99. The molecule has 0 aromatic carbocycles. The van der Waals surface area contributed by atoms with Gasteiger partial charge in [-0.15, -0.1) is 0 Å². The Balaban J connectivity index is -0.0000000417.